The van der Waals surface area contributed by atoms with Crippen LogP contribution >= 0.6 is 34.8 Å². The summed E-state index contributed by atoms with van der Waals surface area (Å²) in [7, 11) is 0. The van der Waals surface area contributed by atoms with Crippen molar-refractivity contribution in [3.05, 3.63) is 56.8 Å². The highest BCUT2D eigenvalue weighted by atomic mass is 35.5. The molecule has 7 heteroatoms. The summed E-state index contributed by atoms with van der Waals surface area (Å²) in [6, 6.07) is 8.91. The lowest BCUT2D eigenvalue weighted by Gasteiger charge is -2.26. The van der Waals surface area contributed by atoms with Crippen LogP contribution in [0.4, 0.5) is 0 Å². The minimum atomic E-state index is -0.0492. The first kappa shape index (κ1) is 19.3. The van der Waals surface area contributed by atoms with Gasteiger partial charge in [0.05, 0.1) is 15.7 Å². The summed E-state index contributed by atoms with van der Waals surface area (Å²) in [4.78, 5) is 19.2. The molecule has 1 fully saturated rings. The van der Waals surface area contributed by atoms with E-state index in [0.717, 1.165) is 12.8 Å². The summed E-state index contributed by atoms with van der Waals surface area (Å²) in [6.07, 6.45) is 2.03. The number of ether oxygens (including phenoxy) is 1. The van der Waals surface area contributed by atoms with Gasteiger partial charge in [0.2, 0.25) is 0 Å². The number of aromatic nitrogens is 1. The summed E-state index contributed by atoms with van der Waals surface area (Å²) < 4.78 is 5.70. The molecule has 0 radical (unpaired) electrons. The zero-order chi connectivity index (χ0) is 18.8. The van der Waals surface area contributed by atoms with Gasteiger partial charge in [0, 0.05) is 17.1 Å². The Bertz CT molecular complexity index is 795. The summed E-state index contributed by atoms with van der Waals surface area (Å²) in [5.41, 5.74) is 1.04. The minimum Gasteiger partial charge on any atom is -0.484 e. The van der Waals surface area contributed by atoms with Gasteiger partial charge in [0.1, 0.15) is 12.3 Å². The van der Waals surface area contributed by atoms with Crippen LogP contribution in [0.15, 0.2) is 30.3 Å². The van der Waals surface area contributed by atoms with Crippen LogP contribution in [0.1, 0.15) is 42.9 Å². The zero-order valence-electron chi connectivity index (χ0n) is 14.5. The standard InChI is InChI=1S/C19H19Cl3N2O2/c1-11-6-7-12(2)24(11)19(25)17-5-3-4-14(23-17)10-26-18-15(21)8-13(20)9-16(18)22/h3-5,8-9,11-12H,6-7,10H2,1-2H3. The second-order valence-corrected chi connectivity index (χ2v) is 7.74. The lowest BCUT2D eigenvalue weighted by atomic mass is 10.2. The molecule has 1 aromatic heterocycles. The van der Waals surface area contributed by atoms with Gasteiger partial charge in [-0.3, -0.25) is 4.79 Å². The van der Waals surface area contributed by atoms with Crippen LogP contribution in [-0.4, -0.2) is 27.9 Å². The molecule has 2 atom stereocenters. The van der Waals surface area contributed by atoms with Crippen molar-refractivity contribution in [2.24, 2.45) is 0 Å². The topological polar surface area (TPSA) is 42.4 Å². The third kappa shape index (κ3) is 4.08. The van der Waals surface area contributed by atoms with Crippen LogP contribution < -0.4 is 4.74 Å². The molecule has 26 heavy (non-hydrogen) atoms. The van der Waals surface area contributed by atoms with E-state index in [-0.39, 0.29) is 24.6 Å². The van der Waals surface area contributed by atoms with Gasteiger partial charge in [0.25, 0.3) is 5.91 Å². The minimum absolute atomic E-state index is 0.0492. The molecule has 138 valence electrons. The molecule has 0 N–H and O–H groups in total. The lowest BCUT2D eigenvalue weighted by Crippen LogP contribution is -2.39. The van der Waals surface area contributed by atoms with Crippen molar-refractivity contribution in [3.8, 4) is 5.75 Å². The average molecular weight is 414 g/mol. The van der Waals surface area contributed by atoms with Crippen molar-refractivity contribution < 1.29 is 9.53 Å². The third-order valence-corrected chi connectivity index (χ3v) is 5.32. The molecule has 1 aliphatic rings. The number of pyridine rings is 1. The molecular formula is C19H19Cl3N2O2. The first-order valence-corrected chi connectivity index (χ1v) is 9.56. The van der Waals surface area contributed by atoms with Gasteiger partial charge in [-0.15, -0.1) is 0 Å². The number of carbonyl (C=O) groups is 1. The summed E-state index contributed by atoms with van der Waals surface area (Å²) in [5.74, 6) is 0.296. The van der Waals surface area contributed by atoms with Crippen LogP contribution in [0.5, 0.6) is 5.75 Å². The van der Waals surface area contributed by atoms with E-state index in [1.807, 2.05) is 4.90 Å². The van der Waals surface area contributed by atoms with Gasteiger partial charge in [-0.1, -0.05) is 40.9 Å². The number of carbonyl (C=O) groups excluding carboxylic acids is 1. The van der Waals surface area contributed by atoms with Crippen LogP contribution in [0, 0.1) is 0 Å². The van der Waals surface area contributed by atoms with Gasteiger partial charge in [-0.05, 0) is 51.0 Å². The highest BCUT2D eigenvalue weighted by Crippen LogP contribution is 2.36. The molecule has 0 spiro atoms. The van der Waals surface area contributed by atoms with Crippen molar-refractivity contribution >= 4 is 40.7 Å². The quantitative estimate of drug-likeness (QED) is 0.652. The number of nitrogens with zero attached hydrogens (tertiary/aromatic N) is 2. The van der Waals surface area contributed by atoms with E-state index in [9.17, 15) is 4.79 Å². The molecule has 2 heterocycles. The predicted octanol–water partition coefficient (Wildman–Crippen LogP) is 5.63. The highest BCUT2D eigenvalue weighted by Gasteiger charge is 2.32. The number of hydrogen-bond donors (Lipinski definition) is 0. The summed E-state index contributed by atoms with van der Waals surface area (Å²) >= 11 is 18.2. The molecular weight excluding hydrogens is 395 g/mol. The SMILES string of the molecule is CC1CCC(C)N1C(=O)c1cccc(COc2c(Cl)cc(Cl)cc2Cl)n1. The Morgan fingerprint density at radius 2 is 1.77 bits per heavy atom. The molecule has 2 unspecified atom stereocenters. The van der Waals surface area contributed by atoms with Crippen LogP contribution in [0.2, 0.25) is 15.1 Å². The first-order chi connectivity index (χ1) is 12.4. The fourth-order valence-corrected chi connectivity index (χ4v) is 4.15. The molecule has 4 nitrogen and oxygen atoms in total. The van der Waals surface area contributed by atoms with Crippen molar-refractivity contribution in [2.45, 2.75) is 45.4 Å². The van der Waals surface area contributed by atoms with E-state index in [4.69, 9.17) is 39.5 Å². The number of rotatable bonds is 4. The summed E-state index contributed by atoms with van der Waals surface area (Å²) in [6.45, 7) is 4.28. The van der Waals surface area contributed by atoms with Crippen molar-refractivity contribution in [1.82, 2.24) is 9.88 Å². The molecule has 1 aromatic carbocycles. The van der Waals surface area contributed by atoms with Crippen LogP contribution in [-0.2, 0) is 6.61 Å². The molecule has 0 aliphatic carbocycles. The maximum atomic E-state index is 12.8. The number of halogens is 3. The van der Waals surface area contributed by atoms with E-state index in [1.165, 1.54) is 0 Å². The van der Waals surface area contributed by atoms with E-state index < -0.39 is 0 Å². The number of hydrogen-bond acceptors (Lipinski definition) is 3. The number of benzene rings is 1. The van der Waals surface area contributed by atoms with Crippen LogP contribution in [0.25, 0.3) is 0 Å². The van der Waals surface area contributed by atoms with Crippen molar-refractivity contribution in [1.29, 1.82) is 0 Å². The Morgan fingerprint density at radius 3 is 2.38 bits per heavy atom. The van der Waals surface area contributed by atoms with Crippen molar-refractivity contribution in [2.75, 3.05) is 0 Å². The molecule has 3 rings (SSSR count). The van der Waals surface area contributed by atoms with Gasteiger partial charge < -0.3 is 9.64 Å². The van der Waals surface area contributed by atoms with Gasteiger partial charge >= 0.3 is 0 Å². The zero-order valence-corrected chi connectivity index (χ0v) is 16.8. The molecule has 0 bridgehead atoms. The van der Waals surface area contributed by atoms with E-state index in [1.54, 1.807) is 30.3 Å². The van der Waals surface area contributed by atoms with Gasteiger partial charge in [-0.2, -0.15) is 0 Å². The monoisotopic (exact) mass is 412 g/mol. The Balaban J connectivity index is 1.75. The normalized spacial score (nSPS) is 19.7. The average Bonchev–Trinajstić information content (AvgIpc) is 2.92. The third-order valence-electron chi connectivity index (χ3n) is 4.54. The fraction of sp³-hybridized carbons (Fsp3) is 0.368. The Hall–Kier alpha value is -1.49. The smallest absolute Gasteiger partial charge is 0.272 e. The number of likely N-dealkylation sites (tertiary alicyclic amines) is 1. The second-order valence-electron chi connectivity index (χ2n) is 6.49. The Labute approximate surface area is 168 Å². The maximum absolute atomic E-state index is 12.8. The fourth-order valence-electron chi connectivity index (χ4n) is 3.22. The molecule has 1 aliphatic heterocycles. The largest absolute Gasteiger partial charge is 0.484 e. The van der Waals surface area contributed by atoms with Gasteiger partial charge in [-0.25, -0.2) is 4.98 Å². The lowest BCUT2D eigenvalue weighted by molar-refractivity contribution is 0.0686. The predicted molar refractivity (Wildman–Crippen MR) is 104 cm³/mol. The van der Waals surface area contributed by atoms with E-state index in [2.05, 4.69) is 18.8 Å². The maximum Gasteiger partial charge on any atom is 0.272 e. The van der Waals surface area contributed by atoms with Gasteiger partial charge in [0.15, 0.2) is 5.75 Å². The number of amides is 1. The van der Waals surface area contributed by atoms with E-state index >= 15 is 0 Å². The van der Waals surface area contributed by atoms with Crippen LogP contribution in [0.3, 0.4) is 0 Å². The molecule has 1 saturated heterocycles. The molecule has 1 amide bonds. The van der Waals surface area contributed by atoms with Crippen molar-refractivity contribution in [3.63, 3.8) is 0 Å². The highest BCUT2D eigenvalue weighted by molar-refractivity contribution is 6.40. The Kier molecular flexibility index (Phi) is 5.96. The summed E-state index contributed by atoms with van der Waals surface area (Å²) in [5, 5.41) is 1.09. The molecule has 0 saturated carbocycles. The molecule has 2 aromatic rings. The first-order valence-electron chi connectivity index (χ1n) is 8.42. The second kappa shape index (κ2) is 8.03. The Morgan fingerprint density at radius 1 is 1.15 bits per heavy atom. The van der Waals surface area contributed by atoms with E-state index in [0.29, 0.717) is 32.2 Å².